The first-order valence-electron chi connectivity index (χ1n) is 6.64. The topological polar surface area (TPSA) is 53.1 Å². The zero-order valence-corrected chi connectivity index (χ0v) is 11.8. The van der Waals surface area contributed by atoms with Crippen molar-refractivity contribution >= 4 is 22.0 Å². The van der Waals surface area contributed by atoms with Crippen molar-refractivity contribution in [1.29, 1.82) is 0 Å². The van der Waals surface area contributed by atoms with E-state index in [9.17, 15) is 0 Å². The van der Waals surface area contributed by atoms with Crippen LogP contribution in [0.1, 0.15) is 25.5 Å². The second kappa shape index (κ2) is 5.30. The highest BCUT2D eigenvalue weighted by Crippen LogP contribution is 2.20. The summed E-state index contributed by atoms with van der Waals surface area (Å²) in [5.74, 6) is 0.377. The average molecular weight is 278 g/mol. The lowest BCUT2D eigenvalue weighted by Crippen LogP contribution is -2.40. The van der Waals surface area contributed by atoms with E-state index in [1.54, 1.807) is 11.3 Å². The third kappa shape index (κ3) is 2.50. The molecule has 1 aliphatic rings. The second-order valence-corrected chi connectivity index (χ2v) is 5.88. The van der Waals surface area contributed by atoms with Crippen LogP contribution in [0.25, 0.3) is 4.96 Å². The molecule has 1 atom stereocenters. The molecule has 19 heavy (non-hydrogen) atoms. The van der Waals surface area contributed by atoms with Crippen molar-refractivity contribution < 1.29 is 5.21 Å². The summed E-state index contributed by atoms with van der Waals surface area (Å²) in [5.41, 5.74) is 2.07. The monoisotopic (exact) mass is 278 g/mol. The number of likely N-dealkylation sites (tertiary alicyclic amines) is 1. The Morgan fingerprint density at radius 2 is 2.47 bits per heavy atom. The Kier molecular flexibility index (Phi) is 3.52. The van der Waals surface area contributed by atoms with Crippen molar-refractivity contribution in [3.63, 3.8) is 0 Å². The number of oxime groups is 1. The molecule has 2 aromatic heterocycles. The summed E-state index contributed by atoms with van der Waals surface area (Å²) in [5, 5.41) is 14.5. The number of piperidine rings is 1. The molecule has 0 aliphatic carbocycles. The van der Waals surface area contributed by atoms with Gasteiger partial charge in [-0.25, -0.2) is 4.98 Å². The Morgan fingerprint density at radius 1 is 1.58 bits per heavy atom. The van der Waals surface area contributed by atoms with Crippen molar-refractivity contribution in [3.05, 3.63) is 23.5 Å². The zero-order chi connectivity index (χ0) is 13.2. The summed E-state index contributed by atoms with van der Waals surface area (Å²) in [7, 11) is 0. The third-order valence-corrected chi connectivity index (χ3v) is 4.55. The Bertz CT molecular complexity index is 560. The quantitative estimate of drug-likeness (QED) is 0.693. The Hall–Kier alpha value is -1.40. The number of fused-ring (bicyclic) bond motifs is 1. The predicted molar refractivity (Wildman–Crippen MR) is 76.0 cm³/mol. The van der Waals surface area contributed by atoms with Crippen LogP contribution in [-0.4, -0.2) is 38.3 Å². The van der Waals surface area contributed by atoms with E-state index in [1.807, 2.05) is 11.6 Å². The molecule has 1 fully saturated rings. The fourth-order valence-electron chi connectivity index (χ4n) is 2.71. The SMILES string of the molecule is CCC1CN(Cc2cn3ccsc3n2)CC/C1=N\O. The fourth-order valence-corrected chi connectivity index (χ4v) is 3.43. The van der Waals surface area contributed by atoms with Gasteiger partial charge in [0.1, 0.15) is 0 Å². The summed E-state index contributed by atoms with van der Waals surface area (Å²) in [6, 6.07) is 0. The van der Waals surface area contributed by atoms with E-state index in [4.69, 9.17) is 5.21 Å². The van der Waals surface area contributed by atoms with Crippen molar-refractivity contribution in [1.82, 2.24) is 14.3 Å². The third-order valence-electron chi connectivity index (χ3n) is 3.78. The van der Waals surface area contributed by atoms with Gasteiger partial charge in [-0.2, -0.15) is 0 Å². The first-order chi connectivity index (χ1) is 9.30. The van der Waals surface area contributed by atoms with Gasteiger partial charge in [0.25, 0.3) is 0 Å². The molecule has 3 rings (SSSR count). The molecule has 0 saturated carbocycles. The van der Waals surface area contributed by atoms with Crippen LogP contribution in [-0.2, 0) is 6.54 Å². The lowest BCUT2D eigenvalue weighted by Gasteiger charge is -2.32. The molecular weight excluding hydrogens is 260 g/mol. The summed E-state index contributed by atoms with van der Waals surface area (Å²) in [6.07, 6.45) is 6.02. The van der Waals surface area contributed by atoms with E-state index in [0.29, 0.717) is 5.92 Å². The molecule has 0 radical (unpaired) electrons. The van der Waals surface area contributed by atoms with E-state index in [0.717, 1.165) is 48.8 Å². The molecule has 6 heteroatoms. The first-order valence-corrected chi connectivity index (χ1v) is 7.52. The molecular formula is C13H18N4OS. The molecule has 5 nitrogen and oxygen atoms in total. The highest BCUT2D eigenvalue weighted by atomic mass is 32.1. The van der Waals surface area contributed by atoms with Crippen molar-refractivity contribution in [2.45, 2.75) is 26.3 Å². The summed E-state index contributed by atoms with van der Waals surface area (Å²) in [4.78, 5) is 8.07. The maximum Gasteiger partial charge on any atom is 0.193 e. The summed E-state index contributed by atoms with van der Waals surface area (Å²) < 4.78 is 2.07. The summed E-state index contributed by atoms with van der Waals surface area (Å²) >= 11 is 1.66. The van der Waals surface area contributed by atoms with Crippen LogP contribution in [0, 0.1) is 5.92 Å². The molecule has 3 heterocycles. The molecule has 2 aromatic rings. The second-order valence-electron chi connectivity index (χ2n) is 5.01. The number of hydrogen-bond donors (Lipinski definition) is 1. The van der Waals surface area contributed by atoms with Crippen LogP contribution in [0.3, 0.4) is 0 Å². The van der Waals surface area contributed by atoms with E-state index < -0.39 is 0 Å². The minimum Gasteiger partial charge on any atom is -0.411 e. The maximum absolute atomic E-state index is 8.99. The van der Waals surface area contributed by atoms with Crippen LogP contribution in [0.15, 0.2) is 22.9 Å². The molecule has 1 aliphatic heterocycles. The van der Waals surface area contributed by atoms with Gasteiger partial charge in [0, 0.05) is 49.7 Å². The highest BCUT2D eigenvalue weighted by Gasteiger charge is 2.25. The van der Waals surface area contributed by atoms with Gasteiger partial charge in [-0.15, -0.1) is 11.3 Å². The average Bonchev–Trinajstić information content (AvgIpc) is 2.99. The van der Waals surface area contributed by atoms with E-state index in [1.165, 1.54) is 0 Å². The molecule has 1 N–H and O–H groups in total. The lowest BCUT2D eigenvalue weighted by atomic mass is 9.93. The molecule has 1 saturated heterocycles. The van der Waals surface area contributed by atoms with Crippen LogP contribution in [0.2, 0.25) is 0 Å². The van der Waals surface area contributed by atoms with E-state index >= 15 is 0 Å². The molecule has 1 unspecified atom stereocenters. The van der Waals surface area contributed by atoms with E-state index in [2.05, 4.69) is 32.6 Å². The minimum absolute atomic E-state index is 0.377. The Morgan fingerprint density at radius 3 is 3.21 bits per heavy atom. The maximum atomic E-state index is 8.99. The van der Waals surface area contributed by atoms with Crippen LogP contribution in [0.4, 0.5) is 0 Å². The number of hydrogen-bond acceptors (Lipinski definition) is 5. The van der Waals surface area contributed by atoms with Gasteiger partial charge in [-0.05, 0) is 6.42 Å². The van der Waals surface area contributed by atoms with Gasteiger partial charge < -0.3 is 5.21 Å². The van der Waals surface area contributed by atoms with Gasteiger partial charge in [-0.1, -0.05) is 12.1 Å². The molecule has 0 aromatic carbocycles. The standard InChI is InChI=1S/C13H18N4OS/c1-2-10-7-16(4-3-12(10)15-18)8-11-9-17-5-6-19-13(17)14-11/h5-6,9-10,18H,2-4,7-8H2,1H3/b15-12+. The van der Waals surface area contributed by atoms with Gasteiger partial charge in [0.05, 0.1) is 11.4 Å². The van der Waals surface area contributed by atoms with Crippen LogP contribution >= 0.6 is 11.3 Å². The predicted octanol–water partition coefficient (Wildman–Crippen LogP) is 2.46. The summed E-state index contributed by atoms with van der Waals surface area (Å²) in [6.45, 7) is 4.93. The van der Waals surface area contributed by atoms with Crippen LogP contribution in [0.5, 0.6) is 0 Å². The highest BCUT2D eigenvalue weighted by molar-refractivity contribution is 7.15. The number of nitrogens with zero attached hydrogens (tertiary/aromatic N) is 4. The zero-order valence-electron chi connectivity index (χ0n) is 11.0. The number of aromatic nitrogens is 2. The molecule has 0 bridgehead atoms. The number of thiazole rings is 1. The molecule has 102 valence electrons. The van der Waals surface area contributed by atoms with Gasteiger partial charge in [0.2, 0.25) is 0 Å². The Labute approximate surface area is 116 Å². The fraction of sp³-hybridized carbons (Fsp3) is 0.538. The molecule has 0 amide bonds. The van der Waals surface area contributed by atoms with Crippen molar-refractivity contribution in [2.24, 2.45) is 11.1 Å². The largest absolute Gasteiger partial charge is 0.411 e. The van der Waals surface area contributed by atoms with Crippen molar-refractivity contribution in [3.8, 4) is 0 Å². The van der Waals surface area contributed by atoms with Gasteiger partial charge in [-0.3, -0.25) is 9.30 Å². The smallest absolute Gasteiger partial charge is 0.193 e. The van der Waals surface area contributed by atoms with Crippen molar-refractivity contribution in [2.75, 3.05) is 13.1 Å². The Balaban J connectivity index is 1.68. The van der Waals surface area contributed by atoms with Gasteiger partial charge >= 0.3 is 0 Å². The lowest BCUT2D eigenvalue weighted by molar-refractivity contribution is 0.218. The normalized spacial score (nSPS) is 23.4. The first kappa shape index (κ1) is 12.6. The van der Waals surface area contributed by atoms with Gasteiger partial charge in [0.15, 0.2) is 4.96 Å². The minimum atomic E-state index is 0.377. The van der Waals surface area contributed by atoms with E-state index in [-0.39, 0.29) is 0 Å². The van der Waals surface area contributed by atoms with Crippen LogP contribution < -0.4 is 0 Å². The number of rotatable bonds is 3. The number of imidazole rings is 1. The molecule has 0 spiro atoms.